The van der Waals surface area contributed by atoms with Crippen molar-refractivity contribution in [2.75, 3.05) is 39.4 Å². The molecule has 2 heterocycles. The van der Waals surface area contributed by atoms with Crippen molar-refractivity contribution in [2.45, 2.75) is 11.3 Å². The molecule has 0 radical (unpaired) electrons. The summed E-state index contributed by atoms with van der Waals surface area (Å²) in [5.74, 6) is 1.14. The zero-order valence-corrected chi connectivity index (χ0v) is 12.1. The number of sulfonamides is 1. The maximum atomic E-state index is 12.6. The topological polar surface area (TPSA) is 72.5 Å². The van der Waals surface area contributed by atoms with E-state index < -0.39 is 10.0 Å². The number of rotatable bonds is 2. The standard InChI is InChI=1S/C13H18N2O4S/c16-20(17,15-6-4-14-5-7-15)11-2-3-12-13(10-11)19-9-1-8-18-12/h2-3,10,14H,1,4-9H2/p+1. The predicted octanol–water partition coefficient (Wildman–Crippen LogP) is -0.584. The number of hydrogen-bond acceptors (Lipinski definition) is 4. The van der Waals surface area contributed by atoms with Crippen LogP contribution in [0.5, 0.6) is 11.5 Å². The summed E-state index contributed by atoms with van der Waals surface area (Å²) in [6.45, 7) is 3.87. The Morgan fingerprint density at radius 1 is 1.05 bits per heavy atom. The van der Waals surface area contributed by atoms with Gasteiger partial charge in [0.1, 0.15) is 0 Å². The van der Waals surface area contributed by atoms with E-state index in [1.54, 1.807) is 18.2 Å². The molecular formula is C13H19N2O4S+. The quantitative estimate of drug-likeness (QED) is 0.793. The lowest BCUT2D eigenvalue weighted by Crippen LogP contribution is -2.89. The fraction of sp³-hybridized carbons (Fsp3) is 0.538. The summed E-state index contributed by atoms with van der Waals surface area (Å²) in [5.41, 5.74) is 0. The average molecular weight is 299 g/mol. The van der Waals surface area contributed by atoms with Gasteiger partial charge >= 0.3 is 0 Å². The molecule has 0 unspecified atom stereocenters. The summed E-state index contributed by atoms with van der Waals surface area (Å²) in [5, 5.41) is 2.12. The molecule has 110 valence electrons. The maximum absolute atomic E-state index is 12.6. The first kappa shape index (κ1) is 13.7. The molecule has 20 heavy (non-hydrogen) atoms. The van der Waals surface area contributed by atoms with Crippen LogP contribution in [0.25, 0.3) is 0 Å². The van der Waals surface area contributed by atoms with E-state index >= 15 is 0 Å². The van der Waals surface area contributed by atoms with Crippen LogP contribution in [-0.2, 0) is 10.0 Å². The Hall–Kier alpha value is -1.31. The average Bonchev–Trinajstić information content (AvgIpc) is 2.72. The molecule has 0 atom stereocenters. The lowest BCUT2D eigenvalue weighted by atomic mass is 10.3. The van der Waals surface area contributed by atoms with Crippen LogP contribution in [-0.4, -0.2) is 52.1 Å². The van der Waals surface area contributed by atoms with E-state index in [1.807, 2.05) is 0 Å². The van der Waals surface area contributed by atoms with Gasteiger partial charge in [0.15, 0.2) is 11.5 Å². The fourth-order valence-electron chi connectivity index (χ4n) is 2.42. The van der Waals surface area contributed by atoms with E-state index in [1.165, 1.54) is 4.31 Å². The third-order valence-corrected chi connectivity index (χ3v) is 5.42. The summed E-state index contributed by atoms with van der Waals surface area (Å²) in [7, 11) is -3.43. The van der Waals surface area contributed by atoms with Gasteiger partial charge in [-0.3, -0.25) is 0 Å². The highest BCUT2D eigenvalue weighted by Crippen LogP contribution is 2.32. The highest BCUT2D eigenvalue weighted by atomic mass is 32.2. The Morgan fingerprint density at radius 2 is 1.75 bits per heavy atom. The first-order valence-electron chi connectivity index (χ1n) is 6.89. The molecule has 1 fully saturated rings. The van der Waals surface area contributed by atoms with Gasteiger partial charge < -0.3 is 14.8 Å². The Bertz CT molecular complexity index is 582. The van der Waals surface area contributed by atoms with Crippen LogP contribution in [0.3, 0.4) is 0 Å². The van der Waals surface area contributed by atoms with Gasteiger partial charge in [-0.1, -0.05) is 0 Å². The second-order valence-corrected chi connectivity index (χ2v) is 6.87. The number of nitrogens with zero attached hydrogens (tertiary/aromatic N) is 1. The molecule has 2 N–H and O–H groups in total. The lowest BCUT2D eigenvalue weighted by molar-refractivity contribution is -0.661. The molecule has 7 heteroatoms. The zero-order valence-electron chi connectivity index (χ0n) is 11.2. The van der Waals surface area contributed by atoms with Crippen molar-refractivity contribution < 1.29 is 23.2 Å². The predicted molar refractivity (Wildman–Crippen MR) is 72.5 cm³/mol. The van der Waals surface area contributed by atoms with Gasteiger partial charge in [0, 0.05) is 12.5 Å². The molecule has 0 bridgehead atoms. The van der Waals surface area contributed by atoms with E-state index in [4.69, 9.17) is 9.47 Å². The molecule has 0 saturated carbocycles. The monoisotopic (exact) mass is 299 g/mol. The van der Waals surface area contributed by atoms with Gasteiger partial charge in [-0.05, 0) is 12.1 Å². The normalized spacial score (nSPS) is 20.4. The van der Waals surface area contributed by atoms with Crippen LogP contribution in [0.4, 0.5) is 0 Å². The highest BCUT2D eigenvalue weighted by Gasteiger charge is 2.28. The zero-order chi connectivity index (χ0) is 14.0. The Labute approximate surface area is 118 Å². The summed E-state index contributed by atoms with van der Waals surface area (Å²) in [4.78, 5) is 0.281. The summed E-state index contributed by atoms with van der Waals surface area (Å²) >= 11 is 0. The molecule has 0 aromatic heterocycles. The summed E-state index contributed by atoms with van der Waals surface area (Å²) in [6.07, 6.45) is 0.804. The maximum Gasteiger partial charge on any atom is 0.243 e. The molecule has 3 rings (SSSR count). The minimum absolute atomic E-state index is 0.281. The first-order chi connectivity index (χ1) is 9.68. The van der Waals surface area contributed by atoms with E-state index in [9.17, 15) is 8.42 Å². The number of quaternary nitrogens is 1. The molecule has 1 aromatic carbocycles. The van der Waals surface area contributed by atoms with Crippen LogP contribution in [0.15, 0.2) is 23.1 Å². The minimum Gasteiger partial charge on any atom is -0.490 e. The van der Waals surface area contributed by atoms with Gasteiger partial charge in [-0.2, -0.15) is 4.31 Å². The van der Waals surface area contributed by atoms with Crippen LogP contribution >= 0.6 is 0 Å². The molecule has 0 aliphatic carbocycles. The highest BCUT2D eigenvalue weighted by molar-refractivity contribution is 7.89. The van der Waals surface area contributed by atoms with Crippen molar-refractivity contribution in [3.8, 4) is 11.5 Å². The van der Waals surface area contributed by atoms with Crippen LogP contribution in [0.1, 0.15) is 6.42 Å². The molecular weight excluding hydrogens is 280 g/mol. The SMILES string of the molecule is O=S(=O)(c1ccc2c(c1)OCCCO2)N1CC[NH2+]CC1. The van der Waals surface area contributed by atoms with Crippen molar-refractivity contribution in [3.63, 3.8) is 0 Å². The van der Waals surface area contributed by atoms with Crippen molar-refractivity contribution in [3.05, 3.63) is 18.2 Å². The van der Waals surface area contributed by atoms with E-state index in [0.717, 1.165) is 19.5 Å². The van der Waals surface area contributed by atoms with Crippen LogP contribution in [0.2, 0.25) is 0 Å². The first-order valence-corrected chi connectivity index (χ1v) is 8.33. The van der Waals surface area contributed by atoms with Crippen LogP contribution < -0.4 is 14.8 Å². The number of fused-ring (bicyclic) bond motifs is 1. The molecule has 0 spiro atoms. The number of ether oxygens (including phenoxy) is 2. The third kappa shape index (κ3) is 2.61. The second kappa shape index (κ2) is 5.59. The van der Waals surface area contributed by atoms with Crippen molar-refractivity contribution >= 4 is 10.0 Å². The molecule has 2 aliphatic rings. The van der Waals surface area contributed by atoms with E-state index in [2.05, 4.69) is 5.32 Å². The number of nitrogens with two attached hydrogens (primary N) is 1. The largest absolute Gasteiger partial charge is 0.490 e. The smallest absolute Gasteiger partial charge is 0.243 e. The molecule has 6 nitrogen and oxygen atoms in total. The number of piperazine rings is 1. The van der Waals surface area contributed by atoms with Gasteiger partial charge in [-0.25, -0.2) is 8.42 Å². The Kier molecular flexibility index (Phi) is 3.82. The van der Waals surface area contributed by atoms with Crippen molar-refractivity contribution in [2.24, 2.45) is 0 Å². The molecule has 1 aromatic rings. The van der Waals surface area contributed by atoms with Gasteiger partial charge in [0.2, 0.25) is 10.0 Å². The third-order valence-electron chi connectivity index (χ3n) is 3.52. The second-order valence-electron chi connectivity index (χ2n) is 4.93. The van der Waals surface area contributed by atoms with E-state index in [-0.39, 0.29) is 4.90 Å². The van der Waals surface area contributed by atoms with Crippen molar-refractivity contribution in [1.29, 1.82) is 0 Å². The van der Waals surface area contributed by atoms with Gasteiger partial charge in [-0.15, -0.1) is 0 Å². The Balaban J connectivity index is 1.91. The lowest BCUT2D eigenvalue weighted by Gasteiger charge is -2.24. The summed E-state index contributed by atoms with van der Waals surface area (Å²) < 4.78 is 37.8. The molecule has 2 aliphatic heterocycles. The number of hydrogen-bond donors (Lipinski definition) is 1. The molecule has 0 amide bonds. The summed E-state index contributed by atoms with van der Waals surface area (Å²) in [6, 6.07) is 4.86. The van der Waals surface area contributed by atoms with Gasteiger partial charge in [0.05, 0.1) is 44.3 Å². The molecule has 1 saturated heterocycles. The van der Waals surface area contributed by atoms with Crippen molar-refractivity contribution in [1.82, 2.24) is 4.31 Å². The fourth-order valence-corrected chi connectivity index (χ4v) is 3.91. The van der Waals surface area contributed by atoms with E-state index in [0.29, 0.717) is 37.8 Å². The van der Waals surface area contributed by atoms with Crippen LogP contribution in [0, 0.1) is 0 Å². The minimum atomic E-state index is -3.43. The number of benzene rings is 1. The Morgan fingerprint density at radius 3 is 2.50 bits per heavy atom. The van der Waals surface area contributed by atoms with Gasteiger partial charge in [0.25, 0.3) is 0 Å².